The summed E-state index contributed by atoms with van der Waals surface area (Å²) in [7, 11) is 0. The molecule has 0 aliphatic heterocycles. The lowest BCUT2D eigenvalue weighted by molar-refractivity contribution is 0.501. The summed E-state index contributed by atoms with van der Waals surface area (Å²) < 4.78 is 0. The van der Waals surface area contributed by atoms with E-state index in [1.807, 2.05) is 0 Å². The largest absolute Gasteiger partial charge is 0.245 e. The molecule has 0 saturated heterocycles. The molecule has 0 aromatic rings. The van der Waals surface area contributed by atoms with Crippen LogP contribution in [-0.2, 0) is 0 Å². The summed E-state index contributed by atoms with van der Waals surface area (Å²) >= 11 is 0. The SMILES string of the molecule is C=C/C=N\C=N/C(=C)C(C)(C)C. The lowest BCUT2D eigenvalue weighted by Gasteiger charge is -2.16. The summed E-state index contributed by atoms with van der Waals surface area (Å²) in [6.07, 6.45) is 4.67. The Labute approximate surface area is 74.4 Å². The zero-order chi connectivity index (χ0) is 9.61. The molecule has 0 aromatic heterocycles. The molecule has 0 spiro atoms. The molecule has 2 heteroatoms. The van der Waals surface area contributed by atoms with Gasteiger partial charge >= 0.3 is 0 Å². The zero-order valence-corrected chi connectivity index (χ0v) is 8.04. The van der Waals surface area contributed by atoms with Gasteiger partial charge in [-0.1, -0.05) is 40.0 Å². The van der Waals surface area contributed by atoms with Gasteiger partial charge in [0.05, 0.1) is 0 Å². The summed E-state index contributed by atoms with van der Waals surface area (Å²) in [4.78, 5) is 7.92. The van der Waals surface area contributed by atoms with Crippen molar-refractivity contribution in [3.8, 4) is 0 Å². The van der Waals surface area contributed by atoms with Crippen molar-refractivity contribution < 1.29 is 0 Å². The maximum Gasteiger partial charge on any atom is 0.115 e. The van der Waals surface area contributed by atoms with Crippen LogP contribution in [0.4, 0.5) is 0 Å². The summed E-state index contributed by atoms with van der Waals surface area (Å²) in [6.45, 7) is 13.5. The highest BCUT2D eigenvalue weighted by atomic mass is 14.9. The fourth-order valence-corrected chi connectivity index (χ4v) is 0.396. The van der Waals surface area contributed by atoms with E-state index in [4.69, 9.17) is 0 Å². The molecular formula is C10H16N2. The fraction of sp³-hybridized carbons (Fsp3) is 0.400. The van der Waals surface area contributed by atoms with E-state index in [2.05, 4.69) is 43.9 Å². The quantitative estimate of drug-likeness (QED) is 0.452. The first-order valence-electron chi connectivity index (χ1n) is 3.84. The smallest absolute Gasteiger partial charge is 0.115 e. The summed E-state index contributed by atoms with van der Waals surface area (Å²) in [5.41, 5.74) is 0.837. The summed E-state index contributed by atoms with van der Waals surface area (Å²) in [6, 6.07) is 0. The molecule has 0 saturated carbocycles. The van der Waals surface area contributed by atoms with Crippen molar-refractivity contribution in [2.45, 2.75) is 20.8 Å². The van der Waals surface area contributed by atoms with E-state index in [0.717, 1.165) is 5.70 Å². The number of hydrogen-bond acceptors (Lipinski definition) is 1. The molecule has 0 heterocycles. The van der Waals surface area contributed by atoms with Gasteiger partial charge in [-0.2, -0.15) is 0 Å². The topological polar surface area (TPSA) is 24.7 Å². The van der Waals surface area contributed by atoms with Crippen LogP contribution in [0.1, 0.15) is 20.8 Å². The molecule has 12 heavy (non-hydrogen) atoms. The molecular weight excluding hydrogens is 148 g/mol. The first kappa shape index (κ1) is 10.8. The summed E-state index contributed by atoms with van der Waals surface area (Å²) in [5, 5.41) is 0. The van der Waals surface area contributed by atoms with Crippen molar-refractivity contribution >= 4 is 12.6 Å². The predicted octanol–water partition coefficient (Wildman–Crippen LogP) is 2.83. The van der Waals surface area contributed by atoms with Gasteiger partial charge in [0.1, 0.15) is 6.34 Å². The monoisotopic (exact) mass is 164 g/mol. The Bertz CT molecular complexity index is 216. The number of aliphatic imine (C=N–C) groups is 2. The molecule has 0 fully saturated rings. The average Bonchev–Trinajstić information content (AvgIpc) is 1.96. The van der Waals surface area contributed by atoms with Gasteiger partial charge in [-0.25, -0.2) is 9.98 Å². The van der Waals surface area contributed by atoms with Crippen molar-refractivity contribution in [2.24, 2.45) is 15.4 Å². The standard InChI is InChI=1S/C10H16N2/c1-6-7-11-8-12-9(2)10(3,4)5/h6-8H,1-2H2,3-5H3/b11-7-,12-8-. The maximum atomic E-state index is 4.07. The van der Waals surface area contributed by atoms with Crippen LogP contribution in [0.3, 0.4) is 0 Å². The highest BCUT2D eigenvalue weighted by Gasteiger charge is 2.12. The summed E-state index contributed by atoms with van der Waals surface area (Å²) in [5.74, 6) is 0. The Balaban J connectivity index is 4.10. The van der Waals surface area contributed by atoms with Crippen LogP contribution in [0.15, 0.2) is 34.9 Å². The molecule has 0 atom stereocenters. The van der Waals surface area contributed by atoms with Crippen LogP contribution in [0.5, 0.6) is 0 Å². The van der Waals surface area contributed by atoms with E-state index in [-0.39, 0.29) is 5.41 Å². The Kier molecular flexibility index (Phi) is 4.19. The van der Waals surface area contributed by atoms with Crippen molar-refractivity contribution in [1.82, 2.24) is 0 Å². The van der Waals surface area contributed by atoms with Gasteiger partial charge in [0, 0.05) is 17.3 Å². The third kappa shape index (κ3) is 4.61. The van der Waals surface area contributed by atoms with E-state index in [1.165, 1.54) is 6.34 Å². The van der Waals surface area contributed by atoms with Gasteiger partial charge in [-0.15, -0.1) is 0 Å². The maximum absolute atomic E-state index is 4.07. The van der Waals surface area contributed by atoms with Crippen LogP contribution < -0.4 is 0 Å². The van der Waals surface area contributed by atoms with Gasteiger partial charge in [-0.3, -0.25) is 0 Å². The number of rotatable bonds is 3. The highest BCUT2D eigenvalue weighted by molar-refractivity contribution is 5.79. The molecule has 0 bridgehead atoms. The number of nitrogens with zero attached hydrogens (tertiary/aromatic N) is 2. The predicted molar refractivity (Wildman–Crippen MR) is 55.8 cm³/mol. The van der Waals surface area contributed by atoms with Crippen molar-refractivity contribution in [3.63, 3.8) is 0 Å². The zero-order valence-electron chi connectivity index (χ0n) is 8.04. The number of allylic oxidation sites excluding steroid dienone is 2. The van der Waals surface area contributed by atoms with E-state index in [9.17, 15) is 0 Å². The molecule has 0 rings (SSSR count). The van der Waals surface area contributed by atoms with Gasteiger partial charge < -0.3 is 0 Å². The molecule has 0 N–H and O–H groups in total. The average molecular weight is 164 g/mol. The first-order valence-corrected chi connectivity index (χ1v) is 3.84. The van der Waals surface area contributed by atoms with Crippen LogP contribution in [0, 0.1) is 5.41 Å². The van der Waals surface area contributed by atoms with Crippen molar-refractivity contribution in [2.75, 3.05) is 0 Å². The molecule has 0 radical (unpaired) electrons. The molecule has 66 valence electrons. The van der Waals surface area contributed by atoms with Crippen LogP contribution in [-0.4, -0.2) is 12.6 Å². The van der Waals surface area contributed by atoms with Crippen molar-refractivity contribution in [1.29, 1.82) is 0 Å². The minimum atomic E-state index is 0.0141. The second-order valence-corrected chi connectivity index (χ2v) is 3.48. The van der Waals surface area contributed by atoms with Gasteiger partial charge in [0.25, 0.3) is 0 Å². The highest BCUT2D eigenvalue weighted by Crippen LogP contribution is 2.23. The second kappa shape index (κ2) is 4.65. The van der Waals surface area contributed by atoms with Gasteiger partial charge in [0.15, 0.2) is 0 Å². The normalized spacial score (nSPS) is 12.6. The van der Waals surface area contributed by atoms with E-state index >= 15 is 0 Å². The molecule has 0 unspecified atom stereocenters. The Morgan fingerprint density at radius 1 is 1.33 bits per heavy atom. The minimum Gasteiger partial charge on any atom is -0.245 e. The third-order valence-corrected chi connectivity index (χ3v) is 1.34. The second-order valence-electron chi connectivity index (χ2n) is 3.48. The molecule has 0 aliphatic rings. The van der Waals surface area contributed by atoms with E-state index in [1.54, 1.807) is 12.3 Å². The van der Waals surface area contributed by atoms with Gasteiger partial charge in [0.2, 0.25) is 0 Å². The minimum absolute atomic E-state index is 0.0141. The third-order valence-electron chi connectivity index (χ3n) is 1.34. The molecule has 0 aromatic carbocycles. The number of hydrogen-bond donors (Lipinski definition) is 0. The fourth-order valence-electron chi connectivity index (χ4n) is 0.396. The van der Waals surface area contributed by atoms with E-state index < -0.39 is 0 Å². The Morgan fingerprint density at radius 3 is 2.33 bits per heavy atom. The van der Waals surface area contributed by atoms with Crippen LogP contribution in [0.2, 0.25) is 0 Å². The lowest BCUT2D eigenvalue weighted by atomic mass is 9.93. The van der Waals surface area contributed by atoms with Gasteiger partial charge in [-0.05, 0) is 0 Å². The molecule has 0 aliphatic carbocycles. The van der Waals surface area contributed by atoms with E-state index in [0.29, 0.717) is 0 Å². The molecule has 0 amide bonds. The lowest BCUT2D eigenvalue weighted by Crippen LogP contribution is -2.06. The van der Waals surface area contributed by atoms with Crippen LogP contribution >= 0.6 is 0 Å². The van der Waals surface area contributed by atoms with Crippen LogP contribution in [0.25, 0.3) is 0 Å². The molecule has 2 nitrogen and oxygen atoms in total. The Hall–Kier alpha value is -1.18. The Morgan fingerprint density at radius 2 is 1.92 bits per heavy atom. The van der Waals surface area contributed by atoms with Crippen molar-refractivity contribution in [3.05, 3.63) is 24.9 Å². The first-order chi connectivity index (χ1) is 5.48.